The van der Waals surface area contributed by atoms with E-state index < -0.39 is 11.9 Å². The zero-order chi connectivity index (χ0) is 15.6. The van der Waals surface area contributed by atoms with Crippen molar-refractivity contribution in [2.24, 2.45) is 0 Å². The summed E-state index contributed by atoms with van der Waals surface area (Å²) in [6, 6.07) is 8.41. The largest absolute Gasteiger partial charge is 0.505 e. The average molecular weight is 326 g/mol. The summed E-state index contributed by atoms with van der Waals surface area (Å²) in [4.78, 5) is 23.2. The molecule has 0 saturated carbocycles. The molecule has 7 heteroatoms. The zero-order valence-corrected chi connectivity index (χ0v) is 11.9. The summed E-state index contributed by atoms with van der Waals surface area (Å²) in [5.74, 6) is -2.12. The Labute approximate surface area is 129 Å². The summed E-state index contributed by atoms with van der Waals surface area (Å²) in [5, 5.41) is 20.9. The van der Waals surface area contributed by atoms with Crippen LogP contribution in [0.1, 0.15) is 20.7 Å². The van der Waals surface area contributed by atoms with Gasteiger partial charge in [-0.3, -0.25) is 4.79 Å². The molecule has 0 heterocycles. The second kappa shape index (κ2) is 6.03. The van der Waals surface area contributed by atoms with E-state index in [1.165, 1.54) is 30.3 Å². The molecule has 0 unspecified atom stereocenters. The molecule has 1 amide bonds. The minimum Gasteiger partial charge on any atom is -0.505 e. The number of phenols is 1. The van der Waals surface area contributed by atoms with Crippen LogP contribution >= 0.6 is 23.2 Å². The average Bonchev–Trinajstić information content (AvgIpc) is 2.44. The molecule has 5 nitrogen and oxygen atoms in total. The number of carboxylic acids is 1. The second-order valence-corrected chi connectivity index (χ2v) is 4.91. The normalized spacial score (nSPS) is 10.2. The number of hydrogen-bond donors (Lipinski definition) is 3. The number of carbonyl (C=O) groups excluding carboxylic acids is 1. The van der Waals surface area contributed by atoms with Crippen molar-refractivity contribution in [1.82, 2.24) is 0 Å². The summed E-state index contributed by atoms with van der Waals surface area (Å²) < 4.78 is 0. The van der Waals surface area contributed by atoms with E-state index in [1.807, 2.05) is 0 Å². The Morgan fingerprint density at radius 3 is 2.05 bits per heavy atom. The molecule has 108 valence electrons. The molecule has 0 atom stereocenters. The van der Waals surface area contributed by atoms with Gasteiger partial charge in [-0.25, -0.2) is 4.79 Å². The van der Waals surface area contributed by atoms with Gasteiger partial charge in [-0.15, -0.1) is 0 Å². The quantitative estimate of drug-likeness (QED) is 0.752. The number of carbonyl (C=O) groups is 2. The lowest BCUT2D eigenvalue weighted by Crippen LogP contribution is -2.16. The van der Waals surface area contributed by atoms with Crippen molar-refractivity contribution in [3.05, 3.63) is 57.6 Å². The number of amides is 1. The van der Waals surface area contributed by atoms with E-state index in [2.05, 4.69) is 5.32 Å². The minimum absolute atomic E-state index is 0.00493. The van der Waals surface area contributed by atoms with Gasteiger partial charge in [0.1, 0.15) is 0 Å². The van der Waals surface area contributed by atoms with Crippen LogP contribution in [0.5, 0.6) is 5.75 Å². The molecule has 0 aromatic heterocycles. The molecule has 0 spiro atoms. The fourth-order valence-corrected chi connectivity index (χ4v) is 2.19. The Morgan fingerprint density at radius 2 is 1.52 bits per heavy atom. The van der Waals surface area contributed by atoms with Crippen LogP contribution in [0.15, 0.2) is 36.4 Å². The molecule has 0 radical (unpaired) electrons. The number of aromatic carboxylic acids is 1. The van der Waals surface area contributed by atoms with E-state index in [0.717, 1.165) is 0 Å². The van der Waals surface area contributed by atoms with Crippen LogP contribution in [0.3, 0.4) is 0 Å². The van der Waals surface area contributed by atoms with Gasteiger partial charge in [0, 0.05) is 5.69 Å². The summed E-state index contributed by atoms with van der Waals surface area (Å²) in [5.41, 5.74) is 0.129. The van der Waals surface area contributed by atoms with Crippen molar-refractivity contribution in [2.45, 2.75) is 0 Å². The van der Waals surface area contributed by atoms with Gasteiger partial charge in [-0.2, -0.15) is 0 Å². The van der Waals surface area contributed by atoms with E-state index in [1.54, 1.807) is 6.07 Å². The third-order valence-electron chi connectivity index (χ3n) is 2.68. The Hall–Kier alpha value is -2.24. The summed E-state index contributed by atoms with van der Waals surface area (Å²) >= 11 is 11.5. The molecular formula is C14H9Cl2NO4. The number of phenolic OH excluding ortho intramolecular Hbond substituents is 1. The Kier molecular flexibility index (Phi) is 4.35. The molecule has 0 aliphatic rings. The van der Waals surface area contributed by atoms with E-state index >= 15 is 0 Å². The van der Waals surface area contributed by atoms with Crippen molar-refractivity contribution in [3.8, 4) is 5.75 Å². The number of aromatic hydroxyl groups is 1. The molecule has 2 rings (SSSR count). The smallest absolute Gasteiger partial charge is 0.336 e. The van der Waals surface area contributed by atoms with Gasteiger partial charge in [0.2, 0.25) is 0 Å². The van der Waals surface area contributed by atoms with Crippen molar-refractivity contribution in [3.63, 3.8) is 0 Å². The molecule has 0 bridgehead atoms. The van der Waals surface area contributed by atoms with Gasteiger partial charge in [0.15, 0.2) is 5.75 Å². The van der Waals surface area contributed by atoms with E-state index in [-0.39, 0.29) is 32.6 Å². The Balaban J connectivity index is 2.33. The lowest BCUT2D eigenvalue weighted by Gasteiger charge is -2.09. The van der Waals surface area contributed by atoms with Crippen LogP contribution in [-0.2, 0) is 0 Å². The topological polar surface area (TPSA) is 86.6 Å². The Bertz CT molecular complexity index is 708. The molecule has 0 fully saturated rings. The van der Waals surface area contributed by atoms with Gasteiger partial charge >= 0.3 is 5.97 Å². The molecule has 0 aliphatic heterocycles. The van der Waals surface area contributed by atoms with Crippen LogP contribution in [0.4, 0.5) is 5.69 Å². The van der Waals surface area contributed by atoms with Crippen LogP contribution < -0.4 is 5.32 Å². The van der Waals surface area contributed by atoms with Gasteiger partial charge in [0.25, 0.3) is 5.91 Å². The fourth-order valence-electron chi connectivity index (χ4n) is 1.70. The van der Waals surface area contributed by atoms with Gasteiger partial charge in [-0.05, 0) is 24.3 Å². The number of hydrogen-bond acceptors (Lipinski definition) is 3. The van der Waals surface area contributed by atoms with Gasteiger partial charge < -0.3 is 15.5 Å². The van der Waals surface area contributed by atoms with E-state index in [0.29, 0.717) is 0 Å². The summed E-state index contributed by atoms with van der Waals surface area (Å²) in [7, 11) is 0. The van der Waals surface area contributed by atoms with E-state index in [9.17, 15) is 14.7 Å². The van der Waals surface area contributed by atoms with Crippen molar-refractivity contribution < 1.29 is 19.8 Å². The predicted molar refractivity (Wildman–Crippen MR) is 79.5 cm³/mol. The summed E-state index contributed by atoms with van der Waals surface area (Å²) in [6.45, 7) is 0. The summed E-state index contributed by atoms with van der Waals surface area (Å²) in [6.07, 6.45) is 0. The standard InChI is InChI=1S/C14H9Cl2NO4/c15-10-5-7(6-11(16)12(10)18)17-13(19)8-3-1-2-4-9(8)14(20)21/h1-6,18H,(H,17,19)(H,20,21). The first-order valence-corrected chi connectivity index (χ1v) is 6.47. The number of halogens is 2. The first-order chi connectivity index (χ1) is 9.90. The number of anilines is 1. The number of carboxylic acid groups (broad SMARTS) is 1. The predicted octanol–water partition coefficient (Wildman–Crippen LogP) is 3.65. The van der Waals surface area contributed by atoms with Crippen molar-refractivity contribution in [2.75, 3.05) is 5.32 Å². The monoisotopic (exact) mass is 325 g/mol. The van der Waals surface area contributed by atoms with Crippen LogP contribution in [-0.4, -0.2) is 22.1 Å². The minimum atomic E-state index is -1.21. The van der Waals surface area contributed by atoms with Gasteiger partial charge in [-0.1, -0.05) is 35.3 Å². The third-order valence-corrected chi connectivity index (χ3v) is 3.25. The highest BCUT2D eigenvalue weighted by Crippen LogP contribution is 2.34. The SMILES string of the molecule is O=C(O)c1ccccc1C(=O)Nc1cc(Cl)c(O)c(Cl)c1. The zero-order valence-electron chi connectivity index (χ0n) is 10.4. The first kappa shape index (κ1) is 15.2. The third kappa shape index (κ3) is 3.26. The molecule has 2 aromatic carbocycles. The Morgan fingerprint density at radius 1 is 1.00 bits per heavy atom. The maximum atomic E-state index is 12.1. The van der Waals surface area contributed by atoms with Crippen molar-refractivity contribution in [1.29, 1.82) is 0 Å². The van der Waals surface area contributed by atoms with Gasteiger partial charge in [0.05, 0.1) is 21.2 Å². The molecule has 0 saturated heterocycles. The molecular weight excluding hydrogens is 317 g/mol. The number of nitrogens with one attached hydrogen (secondary N) is 1. The van der Waals surface area contributed by atoms with Crippen molar-refractivity contribution >= 4 is 40.8 Å². The highest BCUT2D eigenvalue weighted by molar-refractivity contribution is 6.37. The number of benzene rings is 2. The molecule has 2 aromatic rings. The van der Waals surface area contributed by atoms with Crippen LogP contribution in [0.25, 0.3) is 0 Å². The first-order valence-electron chi connectivity index (χ1n) is 5.72. The maximum absolute atomic E-state index is 12.1. The number of rotatable bonds is 3. The lowest BCUT2D eigenvalue weighted by atomic mass is 10.1. The highest BCUT2D eigenvalue weighted by Gasteiger charge is 2.16. The van der Waals surface area contributed by atoms with Crippen LogP contribution in [0.2, 0.25) is 10.0 Å². The molecule has 3 N–H and O–H groups in total. The highest BCUT2D eigenvalue weighted by atomic mass is 35.5. The molecule has 21 heavy (non-hydrogen) atoms. The van der Waals surface area contributed by atoms with Crippen LogP contribution in [0, 0.1) is 0 Å². The fraction of sp³-hybridized carbons (Fsp3) is 0. The molecule has 0 aliphatic carbocycles. The lowest BCUT2D eigenvalue weighted by molar-refractivity contribution is 0.0692. The second-order valence-electron chi connectivity index (χ2n) is 4.09. The maximum Gasteiger partial charge on any atom is 0.336 e. The van der Waals surface area contributed by atoms with E-state index in [4.69, 9.17) is 28.3 Å².